The Labute approximate surface area is 137 Å². The van der Waals surface area contributed by atoms with E-state index >= 15 is 0 Å². The lowest BCUT2D eigenvalue weighted by molar-refractivity contribution is 0.0786. The van der Waals surface area contributed by atoms with Crippen molar-refractivity contribution in [3.63, 3.8) is 0 Å². The summed E-state index contributed by atoms with van der Waals surface area (Å²) < 4.78 is 0.985. The van der Waals surface area contributed by atoms with Crippen LogP contribution in [0.15, 0.2) is 36.4 Å². The molecule has 0 bridgehead atoms. The number of rotatable bonds is 2. The summed E-state index contributed by atoms with van der Waals surface area (Å²) in [6, 6.07) is 15.0. The summed E-state index contributed by atoms with van der Waals surface area (Å²) in [5.74, 6) is 0. The smallest absolute Gasteiger partial charge is 0.0998 e. The summed E-state index contributed by atoms with van der Waals surface area (Å²) in [5, 5.41) is 28.7. The predicted molar refractivity (Wildman–Crippen MR) is 89.3 cm³/mol. The molecule has 0 atom stereocenters. The Morgan fingerprint density at radius 1 is 0.952 bits per heavy atom. The van der Waals surface area contributed by atoms with Crippen LogP contribution in [0.3, 0.4) is 0 Å². The van der Waals surface area contributed by atoms with Gasteiger partial charge in [-0.25, -0.2) is 0 Å². The number of hydrogen-bond donors (Lipinski definition) is 1. The van der Waals surface area contributed by atoms with Crippen molar-refractivity contribution in [1.29, 1.82) is 10.5 Å². The highest BCUT2D eigenvalue weighted by Crippen LogP contribution is 2.32. The third-order valence-corrected chi connectivity index (χ3v) is 3.91. The molecule has 0 unspecified atom stereocenters. The lowest BCUT2D eigenvalue weighted by atomic mass is 9.90. The normalized spacial score (nSPS) is 10.8. The van der Waals surface area contributed by atoms with E-state index in [4.69, 9.17) is 0 Å². The molecule has 104 valence electrons. The molecule has 4 heteroatoms. The fraction of sp³-hybridized carbons (Fsp3) is 0.176. The van der Waals surface area contributed by atoms with E-state index in [9.17, 15) is 15.6 Å². The Bertz CT molecular complexity index is 777. The summed E-state index contributed by atoms with van der Waals surface area (Å²) in [6.45, 7) is 3.39. The fourth-order valence-electron chi connectivity index (χ4n) is 2.08. The van der Waals surface area contributed by atoms with Gasteiger partial charge in [0, 0.05) is 14.7 Å². The number of nitriles is 2. The van der Waals surface area contributed by atoms with Crippen molar-refractivity contribution in [2.75, 3.05) is 0 Å². The lowest BCUT2D eigenvalue weighted by Crippen LogP contribution is -2.15. The number of aliphatic hydroxyl groups is 1. The highest BCUT2D eigenvalue weighted by molar-refractivity contribution is 14.1. The maximum absolute atomic E-state index is 10.2. The molecule has 0 heterocycles. The number of benzene rings is 2. The minimum absolute atomic E-state index is 0.488. The molecule has 0 aromatic heterocycles. The van der Waals surface area contributed by atoms with E-state index in [0.29, 0.717) is 27.8 Å². The van der Waals surface area contributed by atoms with Gasteiger partial charge in [0.1, 0.15) is 0 Å². The van der Waals surface area contributed by atoms with Gasteiger partial charge in [0.05, 0.1) is 28.9 Å². The van der Waals surface area contributed by atoms with Crippen LogP contribution < -0.4 is 0 Å². The van der Waals surface area contributed by atoms with Crippen molar-refractivity contribution in [1.82, 2.24) is 0 Å². The van der Waals surface area contributed by atoms with Gasteiger partial charge in [-0.05, 0) is 72.3 Å². The third-order valence-electron chi connectivity index (χ3n) is 3.24. The van der Waals surface area contributed by atoms with Crippen molar-refractivity contribution < 1.29 is 5.11 Å². The molecule has 0 fully saturated rings. The van der Waals surface area contributed by atoms with E-state index in [0.717, 1.165) is 3.57 Å². The molecule has 0 saturated heterocycles. The Balaban J connectivity index is 2.77. The van der Waals surface area contributed by atoms with Crippen molar-refractivity contribution in [3.05, 3.63) is 56.7 Å². The first-order valence-corrected chi connectivity index (χ1v) is 7.41. The van der Waals surface area contributed by atoms with Gasteiger partial charge in [0.25, 0.3) is 0 Å². The average Bonchev–Trinajstić information content (AvgIpc) is 2.45. The van der Waals surface area contributed by atoms with Crippen LogP contribution in [0, 0.1) is 26.2 Å². The molecular weight excluding hydrogens is 375 g/mol. The zero-order chi connectivity index (χ0) is 15.6. The molecule has 0 saturated carbocycles. The number of hydrogen-bond acceptors (Lipinski definition) is 3. The number of halogens is 1. The quantitative estimate of drug-likeness (QED) is 0.793. The third kappa shape index (κ3) is 3.24. The van der Waals surface area contributed by atoms with Crippen molar-refractivity contribution >= 4 is 22.6 Å². The summed E-state index contributed by atoms with van der Waals surface area (Å²) in [4.78, 5) is 0. The van der Waals surface area contributed by atoms with Crippen molar-refractivity contribution in [2.45, 2.75) is 19.4 Å². The molecule has 0 aliphatic rings. The van der Waals surface area contributed by atoms with Gasteiger partial charge in [0.15, 0.2) is 0 Å². The summed E-state index contributed by atoms with van der Waals surface area (Å²) in [5.41, 5.74) is 2.09. The van der Waals surface area contributed by atoms with E-state index in [-0.39, 0.29) is 0 Å². The average molecular weight is 388 g/mol. The number of nitrogens with zero attached hydrogens (tertiary/aromatic N) is 2. The molecule has 21 heavy (non-hydrogen) atoms. The van der Waals surface area contributed by atoms with Gasteiger partial charge < -0.3 is 5.11 Å². The van der Waals surface area contributed by atoms with Gasteiger partial charge in [-0.1, -0.05) is 6.07 Å². The van der Waals surface area contributed by atoms with Crippen LogP contribution in [0.1, 0.15) is 30.5 Å². The van der Waals surface area contributed by atoms with E-state index in [2.05, 4.69) is 34.7 Å². The van der Waals surface area contributed by atoms with E-state index in [1.54, 1.807) is 38.1 Å². The second-order valence-corrected chi connectivity index (χ2v) is 6.48. The van der Waals surface area contributed by atoms with Crippen LogP contribution >= 0.6 is 22.6 Å². The zero-order valence-corrected chi connectivity index (χ0v) is 13.8. The molecule has 0 aliphatic carbocycles. The Kier molecular flexibility index (Phi) is 4.32. The highest BCUT2D eigenvalue weighted by Gasteiger charge is 2.19. The van der Waals surface area contributed by atoms with Gasteiger partial charge in [-0.2, -0.15) is 10.5 Å². The zero-order valence-electron chi connectivity index (χ0n) is 11.7. The maximum atomic E-state index is 10.2. The molecule has 2 aromatic rings. The summed E-state index contributed by atoms with van der Waals surface area (Å²) >= 11 is 2.17. The van der Waals surface area contributed by atoms with E-state index < -0.39 is 5.60 Å². The molecule has 0 amide bonds. The topological polar surface area (TPSA) is 67.8 Å². The van der Waals surface area contributed by atoms with E-state index in [1.807, 2.05) is 12.1 Å². The highest BCUT2D eigenvalue weighted by atomic mass is 127. The van der Waals surface area contributed by atoms with Crippen LogP contribution in [0.25, 0.3) is 11.1 Å². The minimum Gasteiger partial charge on any atom is -0.386 e. The lowest BCUT2D eigenvalue weighted by Gasteiger charge is -2.19. The van der Waals surface area contributed by atoms with Crippen molar-refractivity contribution in [2.24, 2.45) is 0 Å². The fourth-order valence-corrected chi connectivity index (χ4v) is 2.57. The Hall–Kier alpha value is -1.89. The molecule has 3 nitrogen and oxygen atoms in total. The molecule has 0 radical (unpaired) electrons. The monoisotopic (exact) mass is 388 g/mol. The molecular formula is C17H13IN2O. The van der Waals surface area contributed by atoms with Crippen LogP contribution in [-0.2, 0) is 5.60 Å². The largest absolute Gasteiger partial charge is 0.386 e. The van der Waals surface area contributed by atoms with Crippen LogP contribution in [0.5, 0.6) is 0 Å². The van der Waals surface area contributed by atoms with Gasteiger partial charge in [0.2, 0.25) is 0 Å². The predicted octanol–water partition coefficient (Wildman–Crippen LogP) is 3.93. The molecule has 0 aliphatic heterocycles. The van der Waals surface area contributed by atoms with Crippen LogP contribution in [-0.4, -0.2) is 5.11 Å². The van der Waals surface area contributed by atoms with Crippen LogP contribution in [0.2, 0.25) is 0 Å². The Morgan fingerprint density at radius 3 is 2.00 bits per heavy atom. The summed E-state index contributed by atoms with van der Waals surface area (Å²) in [7, 11) is 0. The first-order chi connectivity index (χ1) is 9.86. The second-order valence-electron chi connectivity index (χ2n) is 5.23. The van der Waals surface area contributed by atoms with E-state index in [1.165, 1.54) is 0 Å². The molecule has 2 aromatic carbocycles. The SMILES string of the molecule is CC(C)(O)c1ccc(C#N)c(-c2cc(I)ccc2C#N)c1. The molecule has 0 spiro atoms. The molecule has 1 N–H and O–H groups in total. The first-order valence-electron chi connectivity index (χ1n) is 6.34. The summed E-state index contributed by atoms with van der Waals surface area (Å²) in [6.07, 6.45) is 0. The van der Waals surface area contributed by atoms with Crippen LogP contribution in [0.4, 0.5) is 0 Å². The van der Waals surface area contributed by atoms with Gasteiger partial charge >= 0.3 is 0 Å². The Morgan fingerprint density at radius 2 is 1.48 bits per heavy atom. The first kappa shape index (κ1) is 15.5. The van der Waals surface area contributed by atoms with Gasteiger partial charge in [-0.15, -0.1) is 0 Å². The van der Waals surface area contributed by atoms with Crippen molar-refractivity contribution in [3.8, 4) is 23.3 Å². The maximum Gasteiger partial charge on any atom is 0.0998 e. The van der Waals surface area contributed by atoms with Gasteiger partial charge in [-0.3, -0.25) is 0 Å². The second kappa shape index (κ2) is 5.85. The molecule has 2 rings (SSSR count). The minimum atomic E-state index is -1.00. The standard InChI is InChI=1S/C17H13IN2O/c1-17(2,21)13-5-3-11(9-19)15(7-13)16-8-14(18)6-4-12(16)10-20/h3-8,21H,1-2H3.